The van der Waals surface area contributed by atoms with Crippen molar-refractivity contribution >= 4 is 28.1 Å². The molecular weight excluding hydrogens is 334 g/mol. The molecule has 1 unspecified atom stereocenters. The van der Waals surface area contributed by atoms with Gasteiger partial charge in [-0.25, -0.2) is 13.1 Å². The van der Waals surface area contributed by atoms with Gasteiger partial charge in [0.15, 0.2) is 5.75 Å². The van der Waals surface area contributed by atoms with Crippen LogP contribution >= 0.6 is 12.4 Å². The first-order valence-corrected chi connectivity index (χ1v) is 7.98. The standard InChI is InChI=1S/C12H17N3O5S.ClH/c1-20-12-5-4-10(7-11(12)15(16)17)21(18,19)14-9-3-2-6-13-8-9;/h4-5,7,9,13-14H,2-3,6,8H2,1H3;1H. The average molecular weight is 352 g/mol. The highest BCUT2D eigenvalue weighted by Crippen LogP contribution is 2.29. The Morgan fingerprint density at radius 1 is 1.45 bits per heavy atom. The minimum Gasteiger partial charge on any atom is -0.490 e. The monoisotopic (exact) mass is 351 g/mol. The van der Waals surface area contributed by atoms with Crippen LogP contribution in [0.3, 0.4) is 0 Å². The number of benzene rings is 1. The fourth-order valence-electron chi connectivity index (χ4n) is 2.22. The lowest BCUT2D eigenvalue weighted by Crippen LogP contribution is -2.45. The van der Waals surface area contributed by atoms with Gasteiger partial charge in [0.05, 0.1) is 16.9 Å². The summed E-state index contributed by atoms with van der Waals surface area (Å²) in [5, 5.41) is 14.1. The zero-order valence-corrected chi connectivity index (χ0v) is 13.6. The van der Waals surface area contributed by atoms with Crippen LogP contribution in [0, 0.1) is 10.1 Å². The predicted octanol–water partition coefficient (Wildman–Crippen LogP) is 1.06. The topological polar surface area (TPSA) is 111 Å². The van der Waals surface area contributed by atoms with Crippen molar-refractivity contribution in [1.82, 2.24) is 10.0 Å². The van der Waals surface area contributed by atoms with Crippen molar-refractivity contribution in [2.75, 3.05) is 20.2 Å². The normalized spacial score (nSPS) is 18.3. The molecule has 1 aliphatic heterocycles. The predicted molar refractivity (Wildman–Crippen MR) is 83.1 cm³/mol. The number of nitro benzene ring substituents is 1. The van der Waals surface area contributed by atoms with Gasteiger partial charge in [-0.2, -0.15) is 0 Å². The Morgan fingerprint density at radius 3 is 2.73 bits per heavy atom. The van der Waals surface area contributed by atoms with Gasteiger partial charge in [0, 0.05) is 18.7 Å². The minimum atomic E-state index is -3.79. The van der Waals surface area contributed by atoms with Crippen LogP contribution in [-0.2, 0) is 10.0 Å². The van der Waals surface area contributed by atoms with Crippen molar-refractivity contribution in [2.24, 2.45) is 0 Å². The summed E-state index contributed by atoms with van der Waals surface area (Å²) in [5.41, 5.74) is -0.373. The average Bonchev–Trinajstić information content (AvgIpc) is 2.47. The summed E-state index contributed by atoms with van der Waals surface area (Å²) < 4.78 is 32.0. The molecule has 22 heavy (non-hydrogen) atoms. The number of hydrogen-bond acceptors (Lipinski definition) is 6. The molecule has 2 rings (SSSR count). The first-order chi connectivity index (χ1) is 9.94. The third-order valence-electron chi connectivity index (χ3n) is 3.28. The van der Waals surface area contributed by atoms with Gasteiger partial charge in [0.2, 0.25) is 10.0 Å². The van der Waals surface area contributed by atoms with Crippen LogP contribution in [0.25, 0.3) is 0 Å². The molecular formula is C12H18ClN3O5S. The van der Waals surface area contributed by atoms with E-state index in [1.807, 2.05) is 0 Å². The molecule has 0 aromatic heterocycles. The van der Waals surface area contributed by atoms with Gasteiger partial charge in [-0.05, 0) is 31.5 Å². The lowest BCUT2D eigenvalue weighted by atomic mass is 10.1. The molecule has 0 bridgehead atoms. The smallest absolute Gasteiger partial charge is 0.312 e. The number of methoxy groups -OCH3 is 1. The van der Waals surface area contributed by atoms with Crippen LogP contribution in [0.2, 0.25) is 0 Å². The Labute approximate surface area is 134 Å². The molecule has 1 atom stereocenters. The van der Waals surface area contributed by atoms with Crippen LogP contribution in [0.15, 0.2) is 23.1 Å². The van der Waals surface area contributed by atoms with Gasteiger partial charge in [-0.1, -0.05) is 0 Å². The second-order valence-corrected chi connectivity index (χ2v) is 6.47. The maximum absolute atomic E-state index is 12.3. The molecule has 8 nitrogen and oxygen atoms in total. The zero-order valence-electron chi connectivity index (χ0n) is 11.9. The zero-order chi connectivity index (χ0) is 15.5. The number of ether oxygens (including phenoxy) is 1. The largest absolute Gasteiger partial charge is 0.490 e. The van der Waals surface area contributed by atoms with Gasteiger partial charge < -0.3 is 10.1 Å². The van der Waals surface area contributed by atoms with Gasteiger partial charge in [-0.15, -0.1) is 12.4 Å². The molecule has 1 heterocycles. The van der Waals surface area contributed by atoms with Crippen molar-refractivity contribution < 1.29 is 18.1 Å². The molecule has 1 aliphatic rings. The number of nitrogens with zero attached hydrogens (tertiary/aromatic N) is 1. The quantitative estimate of drug-likeness (QED) is 0.606. The van der Waals surface area contributed by atoms with E-state index >= 15 is 0 Å². The van der Waals surface area contributed by atoms with Gasteiger partial charge in [-0.3, -0.25) is 10.1 Å². The molecule has 1 aromatic carbocycles. The van der Waals surface area contributed by atoms with Crippen LogP contribution in [-0.4, -0.2) is 39.6 Å². The van der Waals surface area contributed by atoms with Crippen LogP contribution < -0.4 is 14.8 Å². The first kappa shape index (κ1) is 18.6. The number of nitro groups is 1. The number of hydrogen-bond donors (Lipinski definition) is 2. The third-order valence-corrected chi connectivity index (χ3v) is 4.79. The van der Waals surface area contributed by atoms with E-state index in [2.05, 4.69) is 10.0 Å². The Hall–Kier alpha value is -1.42. The molecule has 2 N–H and O–H groups in total. The highest BCUT2D eigenvalue weighted by atomic mass is 35.5. The van der Waals surface area contributed by atoms with Crippen LogP contribution in [0.1, 0.15) is 12.8 Å². The van der Waals surface area contributed by atoms with E-state index in [0.29, 0.717) is 6.54 Å². The lowest BCUT2D eigenvalue weighted by Gasteiger charge is -2.23. The Balaban J connectivity index is 0.00000242. The number of piperidine rings is 1. The summed E-state index contributed by atoms with van der Waals surface area (Å²) in [5.74, 6) is 0.0262. The molecule has 0 aliphatic carbocycles. The van der Waals surface area contributed by atoms with Crippen LogP contribution in [0.4, 0.5) is 5.69 Å². The van der Waals surface area contributed by atoms with E-state index in [9.17, 15) is 18.5 Å². The Bertz CT molecular complexity index is 632. The summed E-state index contributed by atoms with van der Waals surface area (Å²) in [7, 11) is -2.50. The highest BCUT2D eigenvalue weighted by molar-refractivity contribution is 7.89. The number of nitrogens with one attached hydrogen (secondary N) is 2. The highest BCUT2D eigenvalue weighted by Gasteiger charge is 2.25. The van der Waals surface area contributed by atoms with Crippen molar-refractivity contribution in [3.05, 3.63) is 28.3 Å². The molecule has 0 radical (unpaired) electrons. The van der Waals surface area contributed by atoms with E-state index in [1.54, 1.807) is 0 Å². The molecule has 0 saturated carbocycles. The third kappa shape index (κ3) is 4.29. The minimum absolute atomic E-state index is 0. The van der Waals surface area contributed by atoms with Gasteiger partial charge >= 0.3 is 5.69 Å². The summed E-state index contributed by atoms with van der Waals surface area (Å²) in [4.78, 5) is 10.1. The molecule has 0 spiro atoms. The second-order valence-electron chi connectivity index (χ2n) is 4.76. The lowest BCUT2D eigenvalue weighted by molar-refractivity contribution is -0.386. The number of rotatable bonds is 5. The summed E-state index contributed by atoms with van der Waals surface area (Å²) in [6.07, 6.45) is 1.63. The maximum Gasteiger partial charge on any atom is 0.312 e. The van der Waals surface area contributed by atoms with Crippen molar-refractivity contribution in [3.8, 4) is 5.75 Å². The SMILES string of the molecule is COc1ccc(S(=O)(=O)NC2CCCNC2)cc1[N+](=O)[O-].Cl. The molecule has 1 aromatic rings. The summed E-state index contributed by atoms with van der Waals surface area (Å²) in [6, 6.07) is 3.39. The van der Waals surface area contributed by atoms with Crippen molar-refractivity contribution in [2.45, 2.75) is 23.8 Å². The van der Waals surface area contributed by atoms with Crippen molar-refractivity contribution in [1.29, 1.82) is 0 Å². The van der Waals surface area contributed by atoms with Gasteiger partial charge in [0.1, 0.15) is 0 Å². The molecule has 0 amide bonds. The maximum atomic E-state index is 12.3. The second kappa shape index (κ2) is 7.73. The number of halogens is 1. The summed E-state index contributed by atoms with van der Waals surface area (Å²) >= 11 is 0. The molecule has 124 valence electrons. The van der Waals surface area contributed by atoms with Crippen LogP contribution in [0.5, 0.6) is 5.75 Å². The van der Waals surface area contributed by atoms with Crippen molar-refractivity contribution in [3.63, 3.8) is 0 Å². The summed E-state index contributed by atoms with van der Waals surface area (Å²) in [6.45, 7) is 1.42. The Morgan fingerprint density at radius 2 is 2.18 bits per heavy atom. The molecule has 1 saturated heterocycles. The number of sulfonamides is 1. The van der Waals surface area contributed by atoms with E-state index in [0.717, 1.165) is 25.5 Å². The van der Waals surface area contributed by atoms with Gasteiger partial charge in [0.25, 0.3) is 0 Å². The Kier molecular flexibility index (Phi) is 6.54. The molecule has 10 heteroatoms. The molecule has 1 fully saturated rings. The first-order valence-electron chi connectivity index (χ1n) is 6.49. The fraction of sp³-hybridized carbons (Fsp3) is 0.500. The van der Waals surface area contributed by atoms with E-state index in [4.69, 9.17) is 4.74 Å². The van der Waals surface area contributed by atoms with E-state index < -0.39 is 14.9 Å². The van der Waals surface area contributed by atoms with E-state index in [-0.39, 0.29) is 34.8 Å². The fourth-order valence-corrected chi connectivity index (χ4v) is 3.51. The van der Waals surface area contributed by atoms with E-state index in [1.165, 1.54) is 19.2 Å².